The largest absolute Gasteiger partial charge is 0.494 e. The molecule has 2 aromatic heterocycles. The molecular formula is C20H23N5O2. The molecule has 3 N–H and O–H groups in total. The van der Waals surface area contributed by atoms with Gasteiger partial charge in [0.05, 0.1) is 18.9 Å². The van der Waals surface area contributed by atoms with E-state index in [9.17, 15) is 5.11 Å². The van der Waals surface area contributed by atoms with Crippen LogP contribution >= 0.6 is 0 Å². The first kappa shape index (κ1) is 18.6. The molecule has 27 heavy (non-hydrogen) atoms. The van der Waals surface area contributed by atoms with E-state index in [1.54, 1.807) is 12.4 Å². The van der Waals surface area contributed by atoms with Crippen LogP contribution in [0.5, 0.6) is 5.75 Å². The number of hydrogen-bond acceptors (Lipinski definition) is 7. The Morgan fingerprint density at radius 3 is 2.63 bits per heavy atom. The molecule has 3 aromatic rings. The number of benzene rings is 1. The quantitative estimate of drug-likeness (QED) is 0.563. The molecule has 1 atom stereocenters. The van der Waals surface area contributed by atoms with E-state index in [1.807, 2.05) is 56.3 Å². The summed E-state index contributed by atoms with van der Waals surface area (Å²) in [6, 6.07) is 13.2. The standard InChI is InChI=1S/C20H23N5O2/c1-3-27-17-8-6-16(7-9-17)23-19-11-18(15-5-4-10-21-12-15)24-20(25-19)22-14(2)13-26/h4-12,14,26H,3,13H2,1-2H3,(H2,22,23,24,25)/t14-/m0/s1. The second-order valence-corrected chi connectivity index (χ2v) is 6.01. The summed E-state index contributed by atoms with van der Waals surface area (Å²) in [4.78, 5) is 13.2. The molecule has 0 saturated carbocycles. The average molecular weight is 365 g/mol. The van der Waals surface area contributed by atoms with E-state index in [0.29, 0.717) is 18.4 Å². The van der Waals surface area contributed by atoms with Crippen LogP contribution in [0.25, 0.3) is 11.3 Å². The number of aromatic nitrogens is 3. The maximum absolute atomic E-state index is 9.30. The van der Waals surface area contributed by atoms with Crippen molar-refractivity contribution in [2.45, 2.75) is 19.9 Å². The minimum absolute atomic E-state index is 0.0118. The Hall–Kier alpha value is -3.19. The Morgan fingerprint density at radius 1 is 1.15 bits per heavy atom. The van der Waals surface area contributed by atoms with Gasteiger partial charge in [0.1, 0.15) is 11.6 Å². The van der Waals surface area contributed by atoms with Crippen LogP contribution in [0.15, 0.2) is 54.9 Å². The van der Waals surface area contributed by atoms with Crippen molar-refractivity contribution in [3.8, 4) is 17.0 Å². The molecule has 0 fully saturated rings. The Kier molecular flexibility index (Phi) is 6.17. The molecule has 0 bridgehead atoms. The summed E-state index contributed by atoms with van der Waals surface area (Å²) in [5, 5.41) is 15.7. The van der Waals surface area contributed by atoms with Crippen molar-refractivity contribution >= 4 is 17.5 Å². The van der Waals surface area contributed by atoms with Gasteiger partial charge in [-0.15, -0.1) is 0 Å². The lowest BCUT2D eigenvalue weighted by Crippen LogP contribution is -2.21. The van der Waals surface area contributed by atoms with Gasteiger partial charge in [0.25, 0.3) is 0 Å². The summed E-state index contributed by atoms with van der Waals surface area (Å²) in [6.45, 7) is 4.43. The smallest absolute Gasteiger partial charge is 0.225 e. The van der Waals surface area contributed by atoms with Crippen LogP contribution in [0.4, 0.5) is 17.5 Å². The summed E-state index contributed by atoms with van der Waals surface area (Å²) in [6.07, 6.45) is 3.47. The van der Waals surface area contributed by atoms with Gasteiger partial charge in [-0.25, -0.2) is 4.98 Å². The number of ether oxygens (including phenoxy) is 1. The summed E-state index contributed by atoms with van der Waals surface area (Å²) in [5.41, 5.74) is 2.50. The molecule has 0 spiro atoms. The minimum atomic E-state index is -0.160. The molecule has 0 radical (unpaired) electrons. The third kappa shape index (κ3) is 5.15. The fraction of sp³-hybridized carbons (Fsp3) is 0.250. The van der Waals surface area contributed by atoms with E-state index in [0.717, 1.165) is 22.7 Å². The van der Waals surface area contributed by atoms with Crippen molar-refractivity contribution in [3.63, 3.8) is 0 Å². The second-order valence-electron chi connectivity index (χ2n) is 6.01. The van der Waals surface area contributed by atoms with Gasteiger partial charge in [-0.3, -0.25) is 4.98 Å². The number of aliphatic hydroxyl groups is 1. The number of nitrogens with zero attached hydrogens (tertiary/aromatic N) is 3. The van der Waals surface area contributed by atoms with Gasteiger partial charge in [0, 0.05) is 35.8 Å². The molecule has 0 unspecified atom stereocenters. The van der Waals surface area contributed by atoms with Crippen molar-refractivity contribution in [2.75, 3.05) is 23.8 Å². The Morgan fingerprint density at radius 2 is 1.96 bits per heavy atom. The molecule has 1 aromatic carbocycles. The van der Waals surface area contributed by atoms with Crippen LogP contribution in [0.2, 0.25) is 0 Å². The Labute approximate surface area is 158 Å². The molecule has 0 aliphatic carbocycles. The minimum Gasteiger partial charge on any atom is -0.494 e. The maximum Gasteiger partial charge on any atom is 0.225 e. The van der Waals surface area contributed by atoms with Gasteiger partial charge in [-0.1, -0.05) is 0 Å². The van der Waals surface area contributed by atoms with E-state index in [4.69, 9.17) is 4.74 Å². The van der Waals surface area contributed by atoms with Crippen LogP contribution in [-0.4, -0.2) is 39.3 Å². The van der Waals surface area contributed by atoms with E-state index in [1.165, 1.54) is 0 Å². The van der Waals surface area contributed by atoms with Crippen LogP contribution in [0.1, 0.15) is 13.8 Å². The molecule has 7 heteroatoms. The zero-order valence-electron chi connectivity index (χ0n) is 15.4. The van der Waals surface area contributed by atoms with Gasteiger partial charge < -0.3 is 20.5 Å². The van der Waals surface area contributed by atoms with E-state index < -0.39 is 0 Å². The summed E-state index contributed by atoms with van der Waals surface area (Å²) in [7, 11) is 0. The molecule has 0 aliphatic rings. The lowest BCUT2D eigenvalue weighted by Gasteiger charge is -2.14. The molecule has 7 nitrogen and oxygen atoms in total. The van der Waals surface area contributed by atoms with Crippen molar-refractivity contribution in [1.29, 1.82) is 0 Å². The van der Waals surface area contributed by atoms with Crippen LogP contribution in [0, 0.1) is 0 Å². The lowest BCUT2D eigenvalue weighted by atomic mass is 10.2. The topological polar surface area (TPSA) is 92.2 Å². The zero-order valence-corrected chi connectivity index (χ0v) is 15.4. The second kappa shape index (κ2) is 8.95. The highest BCUT2D eigenvalue weighted by Gasteiger charge is 2.10. The molecule has 140 valence electrons. The van der Waals surface area contributed by atoms with Gasteiger partial charge in [0.15, 0.2) is 0 Å². The molecule has 3 rings (SSSR count). The number of rotatable bonds is 8. The van der Waals surface area contributed by atoms with Gasteiger partial charge >= 0.3 is 0 Å². The number of pyridine rings is 1. The number of aliphatic hydroxyl groups excluding tert-OH is 1. The van der Waals surface area contributed by atoms with Crippen LogP contribution in [-0.2, 0) is 0 Å². The van der Waals surface area contributed by atoms with Crippen molar-refractivity contribution in [1.82, 2.24) is 15.0 Å². The molecule has 0 amide bonds. The first-order valence-electron chi connectivity index (χ1n) is 8.84. The Bertz CT molecular complexity index is 856. The fourth-order valence-corrected chi connectivity index (χ4v) is 2.45. The highest BCUT2D eigenvalue weighted by atomic mass is 16.5. The van der Waals surface area contributed by atoms with Gasteiger partial charge in [0.2, 0.25) is 5.95 Å². The van der Waals surface area contributed by atoms with Crippen LogP contribution < -0.4 is 15.4 Å². The van der Waals surface area contributed by atoms with Crippen LogP contribution in [0.3, 0.4) is 0 Å². The van der Waals surface area contributed by atoms with Crippen molar-refractivity contribution in [3.05, 3.63) is 54.9 Å². The van der Waals surface area contributed by atoms with Crippen molar-refractivity contribution < 1.29 is 9.84 Å². The third-order valence-corrected chi connectivity index (χ3v) is 3.77. The highest BCUT2D eigenvalue weighted by Crippen LogP contribution is 2.24. The molecular weight excluding hydrogens is 342 g/mol. The summed E-state index contributed by atoms with van der Waals surface area (Å²) in [5.74, 6) is 1.90. The SMILES string of the molecule is CCOc1ccc(Nc2cc(-c3cccnc3)nc(N[C@@H](C)CO)n2)cc1. The first-order valence-corrected chi connectivity index (χ1v) is 8.84. The number of hydrogen-bond donors (Lipinski definition) is 3. The molecule has 0 saturated heterocycles. The summed E-state index contributed by atoms with van der Waals surface area (Å²) >= 11 is 0. The van der Waals surface area contributed by atoms with Crippen molar-refractivity contribution in [2.24, 2.45) is 0 Å². The predicted octanol–water partition coefficient (Wildman–Crippen LogP) is 3.47. The van der Waals surface area contributed by atoms with E-state index in [2.05, 4.69) is 25.6 Å². The predicted molar refractivity (Wildman–Crippen MR) is 106 cm³/mol. The highest BCUT2D eigenvalue weighted by molar-refractivity contribution is 5.67. The normalized spacial score (nSPS) is 11.7. The lowest BCUT2D eigenvalue weighted by molar-refractivity contribution is 0.281. The Balaban J connectivity index is 1.89. The summed E-state index contributed by atoms with van der Waals surface area (Å²) < 4.78 is 5.47. The maximum atomic E-state index is 9.30. The fourth-order valence-electron chi connectivity index (χ4n) is 2.45. The third-order valence-electron chi connectivity index (χ3n) is 3.77. The molecule has 0 aliphatic heterocycles. The van der Waals surface area contributed by atoms with Gasteiger partial charge in [-0.05, 0) is 50.2 Å². The average Bonchev–Trinajstić information content (AvgIpc) is 2.70. The number of anilines is 3. The zero-order chi connectivity index (χ0) is 19.1. The first-order chi connectivity index (χ1) is 13.2. The molecule has 2 heterocycles. The van der Waals surface area contributed by atoms with E-state index >= 15 is 0 Å². The van der Waals surface area contributed by atoms with Gasteiger partial charge in [-0.2, -0.15) is 4.98 Å². The monoisotopic (exact) mass is 365 g/mol. The number of nitrogens with one attached hydrogen (secondary N) is 2. The van der Waals surface area contributed by atoms with E-state index in [-0.39, 0.29) is 12.6 Å².